The Kier molecular flexibility index (Phi) is 4.18. The van der Waals surface area contributed by atoms with Gasteiger partial charge in [-0.2, -0.15) is 5.10 Å². The van der Waals surface area contributed by atoms with E-state index in [1.807, 2.05) is 31.3 Å². The third kappa shape index (κ3) is 3.58. The van der Waals surface area contributed by atoms with Gasteiger partial charge in [0.25, 0.3) is 0 Å². The first kappa shape index (κ1) is 13.1. The van der Waals surface area contributed by atoms with Crippen LogP contribution in [0, 0.1) is 0 Å². The van der Waals surface area contributed by atoms with Crippen molar-refractivity contribution in [1.29, 1.82) is 0 Å². The van der Waals surface area contributed by atoms with Gasteiger partial charge in [-0.05, 0) is 18.6 Å². The van der Waals surface area contributed by atoms with Gasteiger partial charge in [-0.1, -0.05) is 18.2 Å². The molecule has 0 bridgehead atoms. The van der Waals surface area contributed by atoms with Gasteiger partial charge in [-0.15, -0.1) is 0 Å². The van der Waals surface area contributed by atoms with Crippen LogP contribution < -0.4 is 5.73 Å². The number of anilines is 1. The Balaban J connectivity index is 1.86. The highest BCUT2D eigenvalue weighted by Crippen LogP contribution is 2.12. The summed E-state index contributed by atoms with van der Waals surface area (Å²) in [6.07, 6.45) is 3.76. The molecule has 1 aromatic carbocycles. The predicted molar refractivity (Wildman–Crippen MR) is 72.3 cm³/mol. The van der Waals surface area contributed by atoms with E-state index in [4.69, 9.17) is 10.5 Å². The molecule has 19 heavy (non-hydrogen) atoms. The predicted octanol–water partition coefficient (Wildman–Crippen LogP) is 1.77. The zero-order valence-corrected chi connectivity index (χ0v) is 10.9. The van der Waals surface area contributed by atoms with Crippen molar-refractivity contribution in [2.75, 3.05) is 5.73 Å². The second-order valence-corrected chi connectivity index (χ2v) is 4.24. The van der Waals surface area contributed by atoms with Crippen molar-refractivity contribution in [3.63, 3.8) is 0 Å². The van der Waals surface area contributed by atoms with Crippen LogP contribution in [-0.4, -0.2) is 15.7 Å². The van der Waals surface area contributed by atoms with Crippen LogP contribution in [0.3, 0.4) is 0 Å². The average molecular weight is 259 g/mol. The molecule has 0 aliphatic carbocycles. The molecule has 0 aliphatic heterocycles. The molecule has 100 valence electrons. The van der Waals surface area contributed by atoms with Gasteiger partial charge in [-0.25, -0.2) is 0 Å². The summed E-state index contributed by atoms with van der Waals surface area (Å²) in [5.41, 5.74) is 8.06. The standard InChI is InChI=1S/C14H17N3O2/c1-2-17-9-11(8-16-17)10-19-14(18)7-12-5-3-4-6-13(12)15/h3-6,8-9H,2,7,10,15H2,1H3. The van der Waals surface area contributed by atoms with Gasteiger partial charge in [-0.3, -0.25) is 9.48 Å². The number of aryl methyl sites for hydroxylation is 1. The zero-order valence-electron chi connectivity index (χ0n) is 10.9. The van der Waals surface area contributed by atoms with Gasteiger partial charge in [0, 0.05) is 24.0 Å². The summed E-state index contributed by atoms with van der Waals surface area (Å²) in [7, 11) is 0. The van der Waals surface area contributed by atoms with E-state index in [0.717, 1.165) is 17.7 Å². The van der Waals surface area contributed by atoms with Gasteiger partial charge < -0.3 is 10.5 Å². The van der Waals surface area contributed by atoms with E-state index in [1.165, 1.54) is 0 Å². The van der Waals surface area contributed by atoms with Gasteiger partial charge >= 0.3 is 5.97 Å². The largest absolute Gasteiger partial charge is 0.460 e. The molecule has 0 saturated heterocycles. The van der Waals surface area contributed by atoms with Gasteiger partial charge in [0.05, 0.1) is 12.6 Å². The summed E-state index contributed by atoms with van der Waals surface area (Å²) in [6, 6.07) is 7.28. The van der Waals surface area contributed by atoms with Crippen molar-refractivity contribution >= 4 is 11.7 Å². The number of nitrogens with zero attached hydrogens (tertiary/aromatic N) is 2. The molecule has 2 rings (SSSR count). The van der Waals surface area contributed by atoms with Crippen molar-refractivity contribution in [3.8, 4) is 0 Å². The maximum absolute atomic E-state index is 11.7. The fourth-order valence-corrected chi connectivity index (χ4v) is 1.72. The molecule has 2 aromatic rings. The first-order valence-corrected chi connectivity index (χ1v) is 6.19. The lowest BCUT2D eigenvalue weighted by Crippen LogP contribution is -2.09. The van der Waals surface area contributed by atoms with Gasteiger partial charge in [0.15, 0.2) is 0 Å². The zero-order chi connectivity index (χ0) is 13.7. The first-order valence-electron chi connectivity index (χ1n) is 6.19. The molecule has 0 atom stereocenters. The SMILES string of the molecule is CCn1cc(COC(=O)Cc2ccccc2N)cn1. The molecular formula is C14H17N3O2. The van der Waals surface area contributed by atoms with Crippen LogP contribution in [0.25, 0.3) is 0 Å². The number of ether oxygens (including phenoxy) is 1. The maximum Gasteiger partial charge on any atom is 0.310 e. The van der Waals surface area contributed by atoms with Crippen molar-refractivity contribution in [3.05, 3.63) is 47.8 Å². The van der Waals surface area contributed by atoms with Crippen molar-refractivity contribution in [2.45, 2.75) is 26.5 Å². The van der Waals surface area contributed by atoms with Crippen LogP contribution in [0.1, 0.15) is 18.1 Å². The minimum Gasteiger partial charge on any atom is -0.460 e. The summed E-state index contributed by atoms with van der Waals surface area (Å²) >= 11 is 0. The average Bonchev–Trinajstić information content (AvgIpc) is 2.87. The van der Waals surface area contributed by atoms with Crippen LogP contribution >= 0.6 is 0 Å². The molecule has 0 fully saturated rings. The molecule has 0 saturated carbocycles. The molecule has 0 amide bonds. The molecule has 0 unspecified atom stereocenters. The highest BCUT2D eigenvalue weighted by Gasteiger charge is 2.08. The number of nitrogens with two attached hydrogens (primary N) is 1. The Hall–Kier alpha value is -2.30. The van der Waals surface area contributed by atoms with E-state index in [0.29, 0.717) is 5.69 Å². The monoisotopic (exact) mass is 259 g/mol. The normalized spacial score (nSPS) is 10.4. The third-order valence-corrected chi connectivity index (χ3v) is 2.80. The second kappa shape index (κ2) is 6.04. The topological polar surface area (TPSA) is 70.1 Å². The van der Waals surface area contributed by atoms with Crippen molar-refractivity contribution < 1.29 is 9.53 Å². The van der Waals surface area contributed by atoms with Crippen LogP contribution in [0.15, 0.2) is 36.7 Å². The van der Waals surface area contributed by atoms with E-state index in [-0.39, 0.29) is 19.0 Å². The summed E-state index contributed by atoms with van der Waals surface area (Å²) in [6.45, 7) is 3.04. The Morgan fingerprint density at radius 1 is 1.42 bits per heavy atom. The number of rotatable bonds is 5. The van der Waals surface area contributed by atoms with E-state index in [2.05, 4.69) is 5.10 Å². The minimum atomic E-state index is -0.290. The van der Waals surface area contributed by atoms with E-state index in [1.54, 1.807) is 16.9 Å². The number of aromatic nitrogens is 2. The smallest absolute Gasteiger partial charge is 0.310 e. The summed E-state index contributed by atoms with van der Waals surface area (Å²) in [5, 5.41) is 4.12. The highest BCUT2D eigenvalue weighted by atomic mass is 16.5. The Labute approximate surface area is 112 Å². The number of benzene rings is 1. The number of hydrogen-bond acceptors (Lipinski definition) is 4. The van der Waals surface area contributed by atoms with Gasteiger partial charge in [0.1, 0.15) is 6.61 Å². The fraction of sp³-hybridized carbons (Fsp3) is 0.286. The molecular weight excluding hydrogens is 242 g/mol. The Bertz CT molecular complexity index is 563. The molecule has 5 heteroatoms. The maximum atomic E-state index is 11.7. The minimum absolute atomic E-state index is 0.189. The lowest BCUT2D eigenvalue weighted by molar-refractivity contribution is -0.144. The molecule has 1 aromatic heterocycles. The van der Waals surface area contributed by atoms with Crippen LogP contribution in [-0.2, 0) is 29.1 Å². The van der Waals surface area contributed by atoms with Crippen LogP contribution in [0.5, 0.6) is 0 Å². The summed E-state index contributed by atoms with van der Waals surface area (Å²) < 4.78 is 6.99. The lowest BCUT2D eigenvalue weighted by Gasteiger charge is -2.05. The fourth-order valence-electron chi connectivity index (χ4n) is 1.72. The van der Waals surface area contributed by atoms with Crippen LogP contribution in [0.2, 0.25) is 0 Å². The molecule has 0 radical (unpaired) electrons. The van der Waals surface area contributed by atoms with E-state index >= 15 is 0 Å². The number of carbonyl (C=O) groups excluding carboxylic acids is 1. The molecule has 0 spiro atoms. The molecule has 0 aliphatic rings. The Morgan fingerprint density at radius 3 is 2.89 bits per heavy atom. The second-order valence-electron chi connectivity index (χ2n) is 4.24. The summed E-state index contributed by atoms with van der Waals surface area (Å²) in [5.74, 6) is -0.290. The highest BCUT2D eigenvalue weighted by molar-refractivity contribution is 5.74. The number of carbonyl (C=O) groups is 1. The molecule has 1 heterocycles. The van der Waals surface area contributed by atoms with E-state index in [9.17, 15) is 4.79 Å². The Morgan fingerprint density at radius 2 is 2.21 bits per heavy atom. The number of esters is 1. The molecule has 2 N–H and O–H groups in total. The lowest BCUT2D eigenvalue weighted by atomic mass is 10.1. The van der Waals surface area contributed by atoms with Crippen LogP contribution in [0.4, 0.5) is 5.69 Å². The number of nitrogen functional groups attached to an aromatic ring is 1. The summed E-state index contributed by atoms with van der Waals surface area (Å²) in [4.78, 5) is 11.7. The van der Waals surface area contributed by atoms with Gasteiger partial charge in [0.2, 0.25) is 0 Å². The molecule has 5 nitrogen and oxygen atoms in total. The quantitative estimate of drug-likeness (QED) is 0.656. The van der Waals surface area contributed by atoms with Crippen molar-refractivity contribution in [2.24, 2.45) is 0 Å². The van der Waals surface area contributed by atoms with E-state index < -0.39 is 0 Å². The number of hydrogen-bond donors (Lipinski definition) is 1. The van der Waals surface area contributed by atoms with Crippen molar-refractivity contribution in [1.82, 2.24) is 9.78 Å². The third-order valence-electron chi connectivity index (χ3n) is 2.80. The number of para-hydroxylation sites is 1. The first-order chi connectivity index (χ1) is 9.19.